The predicted molar refractivity (Wildman–Crippen MR) is 164 cm³/mol. The normalized spacial score (nSPS) is 14.6. The molecular formula is C31H24Cl2N2O7S. The van der Waals surface area contributed by atoms with Crippen molar-refractivity contribution >= 4 is 58.3 Å². The molecule has 4 aromatic rings. The Morgan fingerprint density at radius 1 is 1.07 bits per heavy atom. The van der Waals surface area contributed by atoms with Gasteiger partial charge >= 0.3 is 11.9 Å². The van der Waals surface area contributed by atoms with E-state index in [2.05, 4.69) is 0 Å². The number of fused-ring (bicyclic) bond motifs is 1. The number of thiazole rings is 1. The van der Waals surface area contributed by atoms with Crippen LogP contribution < -0.4 is 24.4 Å². The molecule has 0 unspecified atom stereocenters. The van der Waals surface area contributed by atoms with Gasteiger partial charge in [-0.2, -0.15) is 0 Å². The summed E-state index contributed by atoms with van der Waals surface area (Å²) in [6.07, 6.45) is 1.60. The predicted octanol–water partition coefficient (Wildman–Crippen LogP) is 4.71. The van der Waals surface area contributed by atoms with Crippen LogP contribution in [0.25, 0.3) is 11.8 Å². The molecule has 0 fully saturated rings. The van der Waals surface area contributed by atoms with Gasteiger partial charge in [-0.05, 0) is 48.4 Å². The summed E-state index contributed by atoms with van der Waals surface area (Å²) in [4.78, 5) is 43.7. The number of nitrogens with zero attached hydrogens (tertiary/aromatic N) is 2. The molecule has 0 bridgehead atoms. The van der Waals surface area contributed by atoms with Crippen molar-refractivity contribution < 1.29 is 28.9 Å². The molecular weight excluding hydrogens is 615 g/mol. The summed E-state index contributed by atoms with van der Waals surface area (Å²) in [7, 11) is 1.55. The molecule has 3 aromatic carbocycles. The molecule has 1 N–H and O–H groups in total. The van der Waals surface area contributed by atoms with Crippen molar-refractivity contribution in [2.45, 2.75) is 13.0 Å². The monoisotopic (exact) mass is 638 g/mol. The van der Waals surface area contributed by atoms with Gasteiger partial charge in [-0.15, -0.1) is 0 Å². The number of hydrogen-bond acceptors (Lipinski definition) is 8. The van der Waals surface area contributed by atoms with E-state index >= 15 is 0 Å². The van der Waals surface area contributed by atoms with E-state index < -0.39 is 30.1 Å². The van der Waals surface area contributed by atoms with Gasteiger partial charge in [0.2, 0.25) is 0 Å². The molecule has 43 heavy (non-hydrogen) atoms. The largest absolute Gasteiger partial charge is 0.497 e. The highest BCUT2D eigenvalue weighted by atomic mass is 35.5. The van der Waals surface area contributed by atoms with Crippen LogP contribution in [0.1, 0.15) is 29.7 Å². The van der Waals surface area contributed by atoms with Crippen molar-refractivity contribution in [1.29, 1.82) is 0 Å². The summed E-state index contributed by atoms with van der Waals surface area (Å²) in [6.45, 7) is 1.24. The Morgan fingerprint density at radius 3 is 2.35 bits per heavy atom. The van der Waals surface area contributed by atoms with Crippen LogP contribution in [0.2, 0.25) is 10.0 Å². The molecule has 5 rings (SSSR count). The zero-order valence-corrected chi connectivity index (χ0v) is 25.2. The maximum Gasteiger partial charge on any atom is 0.341 e. The van der Waals surface area contributed by atoms with E-state index in [-0.39, 0.29) is 28.0 Å². The van der Waals surface area contributed by atoms with Gasteiger partial charge < -0.3 is 19.3 Å². The average molecular weight is 640 g/mol. The van der Waals surface area contributed by atoms with E-state index in [1.807, 2.05) is 30.3 Å². The topological polar surface area (TPSA) is 116 Å². The van der Waals surface area contributed by atoms with Crippen LogP contribution >= 0.6 is 34.5 Å². The fourth-order valence-corrected chi connectivity index (χ4v) is 6.24. The molecule has 0 spiro atoms. The summed E-state index contributed by atoms with van der Waals surface area (Å²) in [5, 5.41) is 9.09. The van der Waals surface area contributed by atoms with Crippen LogP contribution in [0, 0.1) is 0 Å². The van der Waals surface area contributed by atoms with Crippen molar-refractivity contribution in [2.75, 3.05) is 20.3 Å². The number of rotatable bonds is 9. The van der Waals surface area contributed by atoms with Crippen molar-refractivity contribution in [2.24, 2.45) is 4.99 Å². The van der Waals surface area contributed by atoms with E-state index in [1.54, 1.807) is 44.4 Å². The Morgan fingerprint density at radius 2 is 1.74 bits per heavy atom. The van der Waals surface area contributed by atoms with E-state index in [9.17, 15) is 14.4 Å². The molecule has 2 heterocycles. The van der Waals surface area contributed by atoms with Crippen molar-refractivity contribution in [3.05, 3.63) is 119 Å². The van der Waals surface area contributed by atoms with E-state index in [0.29, 0.717) is 37.5 Å². The minimum atomic E-state index is -1.18. The molecule has 0 amide bonds. The van der Waals surface area contributed by atoms with Crippen LogP contribution in [0.4, 0.5) is 0 Å². The first-order chi connectivity index (χ1) is 20.7. The Bertz CT molecular complexity index is 1890. The van der Waals surface area contributed by atoms with Gasteiger partial charge in [-0.25, -0.2) is 14.6 Å². The Hall–Kier alpha value is -4.38. The lowest BCUT2D eigenvalue weighted by Gasteiger charge is -2.26. The number of halogens is 2. The lowest BCUT2D eigenvalue weighted by atomic mass is 9.93. The van der Waals surface area contributed by atoms with Crippen LogP contribution in [-0.4, -0.2) is 41.9 Å². The molecule has 0 saturated carbocycles. The number of hydrogen-bond donors (Lipinski definition) is 1. The van der Waals surface area contributed by atoms with Gasteiger partial charge in [0.1, 0.15) is 5.75 Å². The molecule has 0 radical (unpaired) electrons. The summed E-state index contributed by atoms with van der Waals surface area (Å²) >= 11 is 13.8. The van der Waals surface area contributed by atoms with Gasteiger partial charge in [0, 0.05) is 5.56 Å². The molecule has 12 heteroatoms. The highest BCUT2D eigenvalue weighted by Gasteiger charge is 2.35. The smallest absolute Gasteiger partial charge is 0.341 e. The summed E-state index contributed by atoms with van der Waals surface area (Å²) in [5.74, 6) is -1.13. The first-order valence-electron chi connectivity index (χ1n) is 13.0. The SMILES string of the molecule is CCOC(=O)C1=C(c2ccccc2)N=c2s/c(=C\c3cc(Cl)c(OCC(=O)O)c(Cl)c3)c(=O)n2[C@H]1c1ccc(OC)cc1. The second-order valence-corrected chi connectivity index (χ2v) is 11.0. The van der Waals surface area contributed by atoms with Gasteiger partial charge in [-0.3, -0.25) is 9.36 Å². The Balaban J connectivity index is 1.74. The molecule has 0 aliphatic carbocycles. The molecule has 1 aliphatic heterocycles. The average Bonchev–Trinajstić information content (AvgIpc) is 3.30. The molecule has 1 aliphatic rings. The number of methoxy groups -OCH3 is 1. The zero-order chi connectivity index (χ0) is 30.7. The lowest BCUT2D eigenvalue weighted by molar-refractivity contribution is -0.140. The third-order valence-corrected chi connectivity index (χ3v) is 8.01. The number of carboxylic acid groups (broad SMARTS) is 1. The van der Waals surface area contributed by atoms with Crippen molar-refractivity contribution in [3.8, 4) is 11.5 Å². The number of benzene rings is 3. The summed E-state index contributed by atoms with van der Waals surface area (Å²) in [6, 6.07) is 18.5. The van der Waals surface area contributed by atoms with Crippen LogP contribution in [0.3, 0.4) is 0 Å². The van der Waals surface area contributed by atoms with E-state index in [0.717, 1.165) is 11.3 Å². The first kappa shape index (κ1) is 30.1. The zero-order valence-electron chi connectivity index (χ0n) is 22.9. The van der Waals surface area contributed by atoms with Gasteiger partial charge in [0.15, 0.2) is 17.2 Å². The fraction of sp³-hybridized carbons (Fsp3) is 0.161. The minimum Gasteiger partial charge on any atom is -0.497 e. The third kappa shape index (κ3) is 6.22. The first-order valence-corrected chi connectivity index (χ1v) is 14.5. The summed E-state index contributed by atoms with van der Waals surface area (Å²) < 4.78 is 17.8. The fourth-order valence-electron chi connectivity index (χ4n) is 4.63. The molecule has 9 nitrogen and oxygen atoms in total. The Kier molecular flexibility index (Phi) is 9.00. The van der Waals surface area contributed by atoms with Gasteiger partial charge in [0.05, 0.1) is 45.6 Å². The highest BCUT2D eigenvalue weighted by Crippen LogP contribution is 2.36. The van der Waals surface area contributed by atoms with Crippen LogP contribution in [-0.2, 0) is 14.3 Å². The van der Waals surface area contributed by atoms with Gasteiger partial charge in [-0.1, -0.05) is 77.0 Å². The summed E-state index contributed by atoms with van der Waals surface area (Å²) in [5.41, 5.74) is 2.07. The van der Waals surface area contributed by atoms with Gasteiger partial charge in [0.25, 0.3) is 5.56 Å². The second-order valence-electron chi connectivity index (χ2n) is 9.20. The number of ether oxygens (including phenoxy) is 3. The lowest BCUT2D eigenvalue weighted by Crippen LogP contribution is -2.40. The van der Waals surface area contributed by atoms with E-state index in [4.69, 9.17) is 47.5 Å². The quantitative estimate of drug-likeness (QED) is 0.264. The standard InChI is InChI=1S/C31H24Cl2N2O7S/c1-3-41-30(39)25-26(18-7-5-4-6-8-18)34-31-35(27(25)19-9-11-20(40-2)12-10-19)29(38)23(43-31)15-17-13-21(32)28(22(33)14-17)42-16-24(36)37/h4-15,27H,3,16H2,1-2H3,(H,36,37)/b23-15-/t27-/m0/s1. The number of aliphatic carboxylic acids is 1. The number of aromatic nitrogens is 1. The third-order valence-electron chi connectivity index (χ3n) is 6.46. The second kappa shape index (κ2) is 12.9. The van der Waals surface area contributed by atoms with Crippen molar-refractivity contribution in [1.82, 2.24) is 4.57 Å². The van der Waals surface area contributed by atoms with E-state index in [1.165, 1.54) is 16.7 Å². The molecule has 0 saturated heterocycles. The van der Waals surface area contributed by atoms with Crippen LogP contribution in [0.5, 0.6) is 11.5 Å². The molecule has 1 aromatic heterocycles. The van der Waals surface area contributed by atoms with Crippen LogP contribution in [0.15, 0.2) is 82.1 Å². The van der Waals surface area contributed by atoms with Crippen molar-refractivity contribution in [3.63, 3.8) is 0 Å². The number of carbonyl (C=O) groups is 2. The molecule has 1 atom stereocenters. The highest BCUT2D eigenvalue weighted by molar-refractivity contribution is 7.07. The maximum absolute atomic E-state index is 14.0. The molecule has 220 valence electrons. The number of carbonyl (C=O) groups excluding carboxylic acids is 1. The Labute approximate surface area is 259 Å². The minimum absolute atomic E-state index is 0.0235. The number of carboxylic acids is 1. The number of esters is 1. The maximum atomic E-state index is 14.0.